The number of hydrogen-bond donors (Lipinski definition) is 1. The second-order valence-electron chi connectivity index (χ2n) is 4.17. The summed E-state index contributed by atoms with van der Waals surface area (Å²) in [6.45, 7) is 8.48. The number of nitriles is 1. The van der Waals surface area contributed by atoms with Crippen molar-refractivity contribution >= 4 is 0 Å². The van der Waals surface area contributed by atoms with Crippen molar-refractivity contribution < 1.29 is 0 Å². The Labute approximate surface area is 86.4 Å². The van der Waals surface area contributed by atoms with Crippen molar-refractivity contribution in [2.45, 2.75) is 18.9 Å². The minimum Gasteiger partial charge on any atom is -0.306 e. The predicted molar refractivity (Wildman–Crippen MR) is 57.8 cm³/mol. The van der Waals surface area contributed by atoms with Gasteiger partial charge in [0.1, 0.15) is 5.54 Å². The molecule has 1 heterocycles. The van der Waals surface area contributed by atoms with Gasteiger partial charge in [-0.05, 0) is 13.5 Å². The van der Waals surface area contributed by atoms with Crippen LogP contribution in [0, 0.1) is 17.2 Å². The van der Waals surface area contributed by atoms with Gasteiger partial charge >= 0.3 is 0 Å². The summed E-state index contributed by atoms with van der Waals surface area (Å²) >= 11 is 0. The van der Waals surface area contributed by atoms with Gasteiger partial charge < -0.3 is 4.90 Å². The van der Waals surface area contributed by atoms with Crippen molar-refractivity contribution in [2.24, 2.45) is 5.92 Å². The van der Waals surface area contributed by atoms with Crippen LogP contribution in [-0.2, 0) is 0 Å². The zero-order valence-electron chi connectivity index (χ0n) is 9.08. The van der Waals surface area contributed by atoms with Crippen LogP contribution in [0.3, 0.4) is 0 Å². The average Bonchev–Trinajstić information content (AvgIpc) is 2.18. The molecule has 2 atom stereocenters. The molecule has 1 N–H and O–H groups in total. The molecule has 0 aromatic rings. The Bertz CT molecular complexity index is 243. The molecule has 3 nitrogen and oxygen atoms in total. The zero-order valence-corrected chi connectivity index (χ0v) is 9.08. The van der Waals surface area contributed by atoms with Gasteiger partial charge in [0.2, 0.25) is 0 Å². The second-order valence-corrected chi connectivity index (χ2v) is 4.17. The number of nitrogens with zero attached hydrogens (tertiary/aromatic N) is 2. The van der Waals surface area contributed by atoms with Crippen LogP contribution in [0.25, 0.3) is 0 Å². The molecule has 1 rings (SSSR count). The fourth-order valence-corrected chi connectivity index (χ4v) is 2.05. The molecule has 2 unspecified atom stereocenters. The van der Waals surface area contributed by atoms with Crippen molar-refractivity contribution in [3.05, 3.63) is 12.7 Å². The summed E-state index contributed by atoms with van der Waals surface area (Å²) in [6.07, 6.45) is 2.71. The number of likely N-dealkylation sites (tertiary alicyclic amines) is 1. The first-order chi connectivity index (χ1) is 6.64. The lowest BCUT2D eigenvalue weighted by Crippen LogP contribution is -2.57. The lowest BCUT2D eigenvalue weighted by atomic mass is 9.80. The van der Waals surface area contributed by atoms with Gasteiger partial charge in [-0.15, -0.1) is 6.58 Å². The third kappa shape index (κ3) is 2.14. The van der Waals surface area contributed by atoms with Crippen LogP contribution in [0.15, 0.2) is 12.7 Å². The highest BCUT2D eigenvalue weighted by Gasteiger charge is 2.39. The van der Waals surface area contributed by atoms with Gasteiger partial charge in [0.15, 0.2) is 0 Å². The van der Waals surface area contributed by atoms with E-state index < -0.39 is 0 Å². The highest BCUT2D eigenvalue weighted by molar-refractivity contribution is 5.13. The van der Waals surface area contributed by atoms with Crippen LogP contribution in [0.5, 0.6) is 0 Å². The van der Waals surface area contributed by atoms with E-state index in [2.05, 4.69) is 36.8 Å². The van der Waals surface area contributed by atoms with E-state index in [0.29, 0.717) is 12.5 Å². The van der Waals surface area contributed by atoms with Crippen molar-refractivity contribution in [2.75, 3.05) is 26.7 Å². The van der Waals surface area contributed by atoms with Crippen molar-refractivity contribution in [3.8, 4) is 6.07 Å². The van der Waals surface area contributed by atoms with Gasteiger partial charge in [0.25, 0.3) is 0 Å². The predicted octanol–water partition coefficient (Wildman–Crippen LogP) is 0.996. The van der Waals surface area contributed by atoms with E-state index >= 15 is 0 Å². The molecule has 0 aliphatic carbocycles. The number of hydrogen-bond acceptors (Lipinski definition) is 3. The lowest BCUT2D eigenvalue weighted by Gasteiger charge is -2.41. The zero-order chi connectivity index (χ0) is 10.6. The standard InChI is InChI=1S/C11H19N3/c1-4-6-13-11(9-12)5-7-14(3)8-10(11)2/h4,10,13H,1,5-8H2,2-3H3. The first-order valence-corrected chi connectivity index (χ1v) is 5.10. The lowest BCUT2D eigenvalue weighted by molar-refractivity contribution is 0.136. The number of piperidine rings is 1. The summed E-state index contributed by atoms with van der Waals surface area (Å²) in [4.78, 5) is 2.27. The molecule has 1 saturated heterocycles. The minimum absolute atomic E-state index is 0.347. The molecule has 0 aromatic heterocycles. The maximum absolute atomic E-state index is 9.26. The normalized spacial score (nSPS) is 33.6. The van der Waals surface area contributed by atoms with Gasteiger partial charge in [-0.2, -0.15) is 5.26 Å². The summed E-state index contributed by atoms with van der Waals surface area (Å²) in [5.41, 5.74) is -0.347. The molecule has 1 fully saturated rings. The average molecular weight is 193 g/mol. The van der Waals surface area contributed by atoms with Crippen LogP contribution in [-0.4, -0.2) is 37.1 Å². The SMILES string of the molecule is C=CCNC1(C#N)CCN(C)CC1C. The van der Waals surface area contributed by atoms with E-state index in [-0.39, 0.29) is 5.54 Å². The Balaban J connectivity index is 2.68. The molecule has 0 radical (unpaired) electrons. The molecule has 1 aliphatic heterocycles. The van der Waals surface area contributed by atoms with E-state index in [1.807, 2.05) is 6.08 Å². The van der Waals surface area contributed by atoms with Crippen molar-refractivity contribution in [3.63, 3.8) is 0 Å². The summed E-state index contributed by atoms with van der Waals surface area (Å²) in [5, 5.41) is 12.6. The van der Waals surface area contributed by atoms with Gasteiger partial charge in [-0.3, -0.25) is 5.32 Å². The molecule has 78 valence electrons. The largest absolute Gasteiger partial charge is 0.306 e. The van der Waals surface area contributed by atoms with Gasteiger partial charge in [0, 0.05) is 25.6 Å². The molecule has 0 bridgehead atoms. The Hall–Kier alpha value is -0.850. The molecular weight excluding hydrogens is 174 g/mol. The smallest absolute Gasteiger partial charge is 0.112 e. The van der Waals surface area contributed by atoms with Crippen LogP contribution in [0.4, 0.5) is 0 Å². The number of nitrogens with one attached hydrogen (secondary N) is 1. The molecule has 0 spiro atoms. The third-order valence-corrected chi connectivity index (χ3v) is 3.08. The van der Waals surface area contributed by atoms with Gasteiger partial charge in [-0.1, -0.05) is 13.0 Å². The Morgan fingerprint density at radius 3 is 3.00 bits per heavy atom. The van der Waals surface area contributed by atoms with Crippen LogP contribution in [0.1, 0.15) is 13.3 Å². The maximum atomic E-state index is 9.26. The molecular formula is C11H19N3. The highest BCUT2D eigenvalue weighted by atomic mass is 15.1. The van der Waals surface area contributed by atoms with Gasteiger partial charge in [-0.25, -0.2) is 0 Å². The topological polar surface area (TPSA) is 39.1 Å². The monoisotopic (exact) mass is 193 g/mol. The van der Waals surface area contributed by atoms with E-state index in [9.17, 15) is 5.26 Å². The summed E-state index contributed by atoms with van der Waals surface area (Å²) < 4.78 is 0. The highest BCUT2D eigenvalue weighted by Crippen LogP contribution is 2.26. The fraction of sp³-hybridized carbons (Fsp3) is 0.727. The maximum Gasteiger partial charge on any atom is 0.112 e. The summed E-state index contributed by atoms with van der Waals surface area (Å²) in [6, 6.07) is 2.44. The number of rotatable bonds is 3. The molecule has 0 aromatic carbocycles. The van der Waals surface area contributed by atoms with E-state index in [1.165, 1.54) is 0 Å². The van der Waals surface area contributed by atoms with Crippen LogP contribution < -0.4 is 5.32 Å². The van der Waals surface area contributed by atoms with E-state index in [0.717, 1.165) is 19.5 Å². The second kappa shape index (κ2) is 4.59. The third-order valence-electron chi connectivity index (χ3n) is 3.08. The fourth-order valence-electron chi connectivity index (χ4n) is 2.05. The van der Waals surface area contributed by atoms with Crippen molar-refractivity contribution in [1.82, 2.24) is 10.2 Å². The summed E-state index contributed by atoms with van der Waals surface area (Å²) in [7, 11) is 2.10. The molecule has 0 saturated carbocycles. The van der Waals surface area contributed by atoms with Crippen LogP contribution in [0.2, 0.25) is 0 Å². The molecule has 1 aliphatic rings. The Kier molecular flexibility index (Phi) is 3.68. The van der Waals surface area contributed by atoms with Crippen LogP contribution >= 0.6 is 0 Å². The summed E-state index contributed by atoms with van der Waals surface area (Å²) in [5.74, 6) is 0.367. The molecule has 0 amide bonds. The van der Waals surface area contributed by atoms with E-state index in [4.69, 9.17) is 0 Å². The molecule has 14 heavy (non-hydrogen) atoms. The van der Waals surface area contributed by atoms with Gasteiger partial charge in [0.05, 0.1) is 6.07 Å². The molecule has 3 heteroatoms. The first kappa shape index (κ1) is 11.2. The Morgan fingerprint density at radius 2 is 2.50 bits per heavy atom. The van der Waals surface area contributed by atoms with Crippen molar-refractivity contribution in [1.29, 1.82) is 5.26 Å². The Morgan fingerprint density at radius 1 is 1.79 bits per heavy atom. The minimum atomic E-state index is -0.347. The first-order valence-electron chi connectivity index (χ1n) is 5.10. The van der Waals surface area contributed by atoms with E-state index in [1.54, 1.807) is 0 Å². The quantitative estimate of drug-likeness (QED) is 0.680.